The second-order valence-corrected chi connectivity index (χ2v) is 5.99. The Hall–Kier alpha value is -0.990. The highest BCUT2D eigenvalue weighted by molar-refractivity contribution is 9.10. The van der Waals surface area contributed by atoms with Crippen molar-refractivity contribution in [2.45, 2.75) is 17.3 Å². The summed E-state index contributed by atoms with van der Waals surface area (Å²) in [5.41, 5.74) is -1.00. The van der Waals surface area contributed by atoms with Crippen LogP contribution in [0.3, 0.4) is 0 Å². The molecule has 0 radical (unpaired) electrons. The number of hydrogen-bond acceptors (Lipinski definition) is 4. The van der Waals surface area contributed by atoms with Crippen molar-refractivity contribution >= 4 is 31.7 Å². The minimum Gasteiger partial charge on any atom is -0.274 e. The van der Waals surface area contributed by atoms with E-state index in [-0.39, 0.29) is 16.0 Å². The molecule has 100 valence electrons. The number of nitrogens with one attached hydrogen (secondary N) is 1. The van der Waals surface area contributed by atoms with Crippen molar-refractivity contribution in [3.05, 3.63) is 28.7 Å². The predicted octanol–water partition coefficient (Wildman–Crippen LogP) is 1.59. The molecule has 0 spiro atoms. The molecular weight excluding hydrogens is 329 g/mol. The number of amides is 1. The van der Waals surface area contributed by atoms with Crippen LogP contribution in [0.4, 0.5) is 4.39 Å². The SMILES string of the molecule is CCONC(=O)C(F)S(=O)(=O)c1ccccc1Br. The van der Waals surface area contributed by atoms with Crippen molar-refractivity contribution in [2.75, 3.05) is 6.61 Å². The van der Waals surface area contributed by atoms with E-state index >= 15 is 0 Å². The molecule has 18 heavy (non-hydrogen) atoms. The number of sulfone groups is 1. The lowest BCUT2D eigenvalue weighted by Crippen LogP contribution is -2.37. The largest absolute Gasteiger partial charge is 0.294 e. The predicted molar refractivity (Wildman–Crippen MR) is 66.0 cm³/mol. The van der Waals surface area contributed by atoms with Crippen LogP contribution in [-0.4, -0.2) is 26.4 Å². The smallest absolute Gasteiger partial charge is 0.274 e. The summed E-state index contributed by atoms with van der Waals surface area (Å²) in [6.45, 7) is 1.67. The first-order valence-electron chi connectivity index (χ1n) is 4.95. The third kappa shape index (κ3) is 3.27. The van der Waals surface area contributed by atoms with Gasteiger partial charge in [-0.25, -0.2) is 18.3 Å². The van der Waals surface area contributed by atoms with Gasteiger partial charge in [0.1, 0.15) is 0 Å². The van der Waals surface area contributed by atoms with Crippen molar-refractivity contribution in [2.24, 2.45) is 0 Å². The van der Waals surface area contributed by atoms with Crippen LogP contribution in [0.2, 0.25) is 0 Å². The average molecular weight is 340 g/mol. The number of carbonyl (C=O) groups is 1. The Morgan fingerprint density at radius 3 is 2.67 bits per heavy atom. The molecule has 1 aromatic rings. The molecule has 1 rings (SSSR count). The number of hydrogen-bond donors (Lipinski definition) is 1. The van der Waals surface area contributed by atoms with Gasteiger partial charge in [-0.05, 0) is 35.0 Å². The van der Waals surface area contributed by atoms with Crippen LogP contribution in [0.5, 0.6) is 0 Å². The molecule has 0 heterocycles. The van der Waals surface area contributed by atoms with Crippen molar-refractivity contribution in [3.63, 3.8) is 0 Å². The molecule has 0 fully saturated rings. The fourth-order valence-corrected chi connectivity index (χ4v) is 3.24. The summed E-state index contributed by atoms with van der Waals surface area (Å²) in [5.74, 6) is -1.35. The highest BCUT2D eigenvalue weighted by atomic mass is 79.9. The molecule has 1 amide bonds. The summed E-state index contributed by atoms with van der Waals surface area (Å²) in [6, 6.07) is 5.67. The third-order valence-electron chi connectivity index (χ3n) is 1.94. The lowest BCUT2D eigenvalue weighted by atomic mass is 10.4. The molecule has 1 aromatic carbocycles. The van der Waals surface area contributed by atoms with Gasteiger partial charge in [-0.3, -0.25) is 9.63 Å². The monoisotopic (exact) mass is 339 g/mol. The summed E-state index contributed by atoms with van der Waals surface area (Å²) < 4.78 is 37.5. The fourth-order valence-electron chi connectivity index (χ4n) is 1.12. The zero-order chi connectivity index (χ0) is 13.8. The molecule has 8 heteroatoms. The minimum atomic E-state index is -4.40. The molecule has 1 atom stereocenters. The van der Waals surface area contributed by atoms with Gasteiger partial charge in [-0.1, -0.05) is 12.1 Å². The molecule has 1 N–H and O–H groups in total. The van der Waals surface area contributed by atoms with Gasteiger partial charge in [0.2, 0.25) is 9.84 Å². The summed E-state index contributed by atoms with van der Waals surface area (Å²) in [5, 5.41) is 0. The van der Waals surface area contributed by atoms with E-state index in [0.717, 1.165) is 0 Å². The van der Waals surface area contributed by atoms with Crippen molar-refractivity contribution in [1.29, 1.82) is 0 Å². The van der Waals surface area contributed by atoms with E-state index in [1.165, 1.54) is 18.2 Å². The number of carbonyl (C=O) groups excluding carboxylic acids is 1. The van der Waals surface area contributed by atoms with Gasteiger partial charge < -0.3 is 0 Å². The number of hydroxylamine groups is 1. The van der Waals surface area contributed by atoms with Gasteiger partial charge in [0.15, 0.2) is 0 Å². The number of rotatable bonds is 5. The normalized spacial score (nSPS) is 13.1. The van der Waals surface area contributed by atoms with Gasteiger partial charge in [-0.15, -0.1) is 0 Å². The molecule has 0 aliphatic rings. The quantitative estimate of drug-likeness (QED) is 0.827. The van der Waals surface area contributed by atoms with Crippen molar-refractivity contribution in [1.82, 2.24) is 5.48 Å². The second kappa shape index (κ2) is 6.26. The lowest BCUT2D eigenvalue weighted by Gasteiger charge is -2.11. The summed E-state index contributed by atoms with van der Waals surface area (Å²) >= 11 is 2.99. The zero-order valence-corrected chi connectivity index (χ0v) is 11.8. The second-order valence-electron chi connectivity index (χ2n) is 3.19. The van der Waals surface area contributed by atoms with Crippen molar-refractivity contribution < 1.29 is 22.4 Å². The molecule has 1 unspecified atom stereocenters. The summed E-state index contributed by atoms with van der Waals surface area (Å²) in [7, 11) is -4.40. The summed E-state index contributed by atoms with van der Waals surface area (Å²) in [4.78, 5) is 15.4. The van der Waals surface area contributed by atoms with Gasteiger partial charge >= 0.3 is 0 Å². The third-order valence-corrected chi connectivity index (χ3v) is 4.62. The average Bonchev–Trinajstić information content (AvgIpc) is 2.35. The van der Waals surface area contributed by atoms with Crippen molar-refractivity contribution in [3.8, 4) is 0 Å². The molecule has 0 saturated carbocycles. The van der Waals surface area contributed by atoms with E-state index in [9.17, 15) is 17.6 Å². The Labute approximate surface area is 112 Å². The van der Waals surface area contributed by atoms with Gasteiger partial charge in [0.25, 0.3) is 11.4 Å². The van der Waals surface area contributed by atoms with Gasteiger partial charge in [0.05, 0.1) is 11.5 Å². The Bertz CT molecular complexity index is 534. The van der Waals surface area contributed by atoms with E-state index in [1.54, 1.807) is 18.5 Å². The maximum Gasteiger partial charge on any atom is 0.294 e. The molecule has 0 aliphatic carbocycles. The molecule has 0 bridgehead atoms. The number of alkyl halides is 1. The van der Waals surface area contributed by atoms with E-state index < -0.39 is 21.2 Å². The molecule has 0 aliphatic heterocycles. The van der Waals surface area contributed by atoms with Crippen LogP contribution in [-0.2, 0) is 19.5 Å². The van der Waals surface area contributed by atoms with Gasteiger partial charge in [0, 0.05) is 4.47 Å². The maximum atomic E-state index is 13.7. The fraction of sp³-hybridized carbons (Fsp3) is 0.300. The molecule has 0 aromatic heterocycles. The first kappa shape index (κ1) is 15.1. The first-order chi connectivity index (χ1) is 8.41. The minimum absolute atomic E-state index is 0.105. The number of halogens is 2. The summed E-state index contributed by atoms with van der Waals surface area (Å²) in [6.07, 6.45) is 0. The standard InChI is InChI=1S/C10H11BrFNO4S/c1-2-17-13-10(14)9(12)18(15,16)8-6-4-3-5-7(8)11/h3-6,9H,2H2,1H3,(H,13,14). The number of benzene rings is 1. The van der Waals surface area contributed by atoms with Crippen LogP contribution < -0.4 is 5.48 Å². The molecule has 5 nitrogen and oxygen atoms in total. The Kier molecular flexibility index (Phi) is 5.24. The Morgan fingerprint density at radius 1 is 1.50 bits per heavy atom. The van der Waals surface area contributed by atoms with Crippen LogP contribution in [0.1, 0.15) is 6.92 Å². The zero-order valence-electron chi connectivity index (χ0n) is 9.39. The Morgan fingerprint density at radius 2 is 2.11 bits per heavy atom. The molecular formula is C10H11BrFNO4S. The first-order valence-corrected chi connectivity index (χ1v) is 7.29. The van der Waals surface area contributed by atoms with Crippen LogP contribution in [0.25, 0.3) is 0 Å². The maximum absolute atomic E-state index is 13.7. The van der Waals surface area contributed by atoms with E-state index in [4.69, 9.17) is 0 Å². The highest BCUT2D eigenvalue weighted by Crippen LogP contribution is 2.25. The van der Waals surface area contributed by atoms with E-state index in [2.05, 4.69) is 20.8 Å². The topological polar surface area (TPSA) is 72.5 Å². The lowest BCUT2D eigenvalue weighted by molar-refractivity contribution is -0.135. The van der Waals surface area contributed by atoms with Crippen LogP contribution >= 0.6 is 15.9 Å². The van der Waals surface area contributed by atoms with E-state index in [0.29, 0.717) is 0 Å². The van der Waals surface area contributed by atoms with E-state index in [1.807, 2.05) is 0 Å². The van der Waals surface area contributed by atoms with Gasteiger partial charge in [-0.2, -0.15) is 0 Å². The van der Waals surface area contributed by atoms with Crippen LogP contribution in [0, 0.1) is 0 Å². The highest BCUT2D eigenvalue weighted by Gasteiger charge is 2.35. The Balaban J connectivity index is 3.01. The van der Waals surface area contributed by atoms with Crippen LogP contribution in [0.15, 0.2) is 33.6 Å². The molecule has 0 saturated heterocycles.